The largest absolute Gasteiger partial charge is 0.371 e. The van der Waals surface area contributed by atoms with Crippen molar-refractivity contribution < 1.29 is 0 Å². The first-order chi connectivity index (χ1) is 9.16. The molecule has 1 fully saturated rings. The van der Waals surface area contributed by atoms with Crippen LogP contribution in [-0.4, -0.2) is 19.6 Å². The molecule has 106 valence electrons. The number of anilines is 1. The highest BCUT2D eigenvalue weighted by atomic mass is 35.5. The van der Waals surface area contributed by atoms with E-state index < -0.39 is 0 Å². The van der Waals surface area contributed by atoms with E-state index in [1.165, 1.54) is 43.6 Å². The quantitative estimate of drug-likeness (QED) is 0.874. The van der Waals surface area contributed by atoms with Gasteiger partial charge >= 0.3 is 0 Å². The maximum atomic E-state index is 6.15. The van der Waals surface area contributed by atoms with Crippen LogP contribution in [0.3, 0.4) is 0 Å². The van der Waals surface area contributed by atoms with Crippen molar-refractivity contribution in [2.75, 3.05) is 24.5 Å². The summed E-state index contributed by atoms with van der Waals surface area (Å²) >= 11 is 6.15. The molecule has 1 aromatic rings. The monoisotopic (exact) mass is 280 g/mol. The number of piperidine rings is 1. The van der Waals surface area contributed by atoms with Gasteiger partial charge in [-0.3, -0.25) is 0 Å². The summed E-state index contributed by atoms with van der Waals surface area (Å²) in [5.41, 5.74) is 2.69. The molecule has 0 bridgehead atoms. The summed E-state index contributed by atoms with van der Waals surface area (Å²) in [6, 6.07) is 6.30. The Labute approximate surface area is 122 Å². The highest BCUT2D eigenvalue weighted by molar-refractivity contribution is 6.30. The summed E-state index contributed by atoms with van der Waals surface area (Å²) in [6.45, 7) is 8.78. The number of rotatable bonds is 5. The molecular weight excluding hydrogens is 256 g/mol. The molecule has 3 heteroatoms. The van der Waals surface area contributed by atoms with Crippen molar-refractivity contribution >= 4 is 17.3 Å². The lowest BCUT2D eigenvalue weighted by Gasteiger charge is -2.31. The number of nitrogens with zero attached hydrogens (tertiary/aromatic N) is 1. The molecule has 19 heavy (non-hydrogen) atoms. The van der Waals surface area contributed by atoms with E-state index in [1.807, 2.05) is 6.07 Å². The second-order valence-electron chi connectivity index (χ2n) is 5.85. The second-order valence-corrected chi connectivity index (χ2v) is 6.28. The molecule has 0 unspecified atom stereocenters. The van der Waals surface area contributed by atoms with Crippen LogP contribution in [0.2, 0.25) is 5.02 Å². The Bertz CT molecular complexity index is 398. The van der Waals surface area contributed by atoms with Crippen LogP contribution in [0.25, 0.3) is 0 Å². The molecular formula is C16H25ClN2. The van der Waals surface area contributed by atoms with Crippen molar-refractivity contribution in [3.8, 4) is 0 Å². The zero-order chi connectivity index (χ0) is 13.7. The molecule has 1 aliphatic rings. The number of halogens is 1. The Kier molecular flexibility index (Phi) is 5.53. The van der Waals surface area contributed by atoms with E-state index in [0.29, 0.717) is 5.92 Å². The minimum absolute atomic E-state index is 0.678. The minimum Gasteiger partial charge on any atom is -0.371 e. The van der Waals surface area contributed by atoms with Gasteiger partial charge in [-0.05, 0) is 55.5 Å². The van der Waals surface area contributed by atoms with Crippen molar-refractivity contribution in [2.45, 2.75) is 39.7 Å². The van der Waals surface area contributed by atoms with Crippen LogP contribution < -0.4 is 10.2 Å². The zero-order valence-electron chi connectivity index (χ0n) is 12.1. The van der Waals surface area contributed by atoms with Gasteiger partial charge in [0.15, 0.2) is 0 Å². The third-order valence-corrected chi connectivity index (χ3v) is 3.84. The number of hydrogen-bond donors (Lipinski definition) is 1. The van der Waals surface area contributed by atoms with Crippen molar-refractivity contribution in [1.29, 1.82) is 0 Å². The van der Waals surface area contributed by atoms with Crippen LogP contribution >= 0.6 is 11.6 Å². The molecule has 1 aromatic carbocycles. The van der Waals surface area contributed by atoms with Gasteiger partial charge in [-0.2, -0.15) is 0 Å². The van der Waals surface area contributed by atoms with Gasteiger partial charge in [0.1, 0.15) is 0 Å². The van der Waals surface area contributed by atoms with Gasteiger partial charge in [0.2, 0.25) is 0 Å². The van der Waals surface area contributed by atoms with Gasteiger partial charge < -0.3 is 10.2 Å². The van der Waals surface area contributed by atoms with Crippen LogP contribution in [0, 0.1) is 5.92 Å². The van der Waals surface area contributed by atoms with E-state index in [0.717, 1.165) is 18.1 Å². The highest BCUT2D eigenvalue weighted by Gasteiger charge is 2.14. The predicted octanol–water partition coefficient (Wildman–Crippen LogP) is 4.08. The smallest absolute Gasteiger partial charge is 0.0412 e. The Morgan fingerprint density at radius 1 is 1.21 bits per heavy atom. The third kappa shape index (κ3) is 4.39. The Morgan fingerprint density at radius 2 is 1.95 bits per heavy atom. The third-order valence-electron chi connectivity index (χ3n) is 3.61. The Morgan fingerprint density at radius 3 is 2.63 bits per heavy atom. The molecule has 1 aliphatic heterocycles. The molecule has 1 saturated heterocycles. The van der Waals surface area contributed by atoms with Gasteiger partial charge in [-0.1, -0.05) is 25.4 Å². The van der Waals surface area contributed by atoms with Crippen molar-refractivity contribution in [2.24, 2.45) is 5.92 Å². The summed E-state index contributed by atoms with van der Waals surface area (Å²) in [5, 5.41) is 4.36. The summed E-state index contributed by atoms with van der Waals surface area (Å²) in [5.74, 6) is 0.678. The molecule has 0 saturated carbocycles. The first-order valence-electron chi connectivity index (χ1n) is 7.41. The average Bonchev–Trinajstić information content (AvgIpc) is 2.39. The van der Waals surface area contributed by atoms with Crippen LogP contribution in [-0.2, 0) is 6.54 Å². The molecule has 2 rings (SSSR count). The van der Waals surface area contributed by atoms with Crippen molar-refractivity contribution in [1.82, 2.24) is 5.32 Å². The zero-order valence-corrected chi connectivity index (χ0v) is 12.8. The number of benzene rings is 1. The van der Waals surface area contributed by atoms with Gasteiger partial charge in [0.05, 0.1) is 0 Å². The first kappa shape index (κ1) is 14.7. The van der Waals surface area contributed by atoms with Crippen LogP contribution in [0.5, 0.6) is 0 Å². The molecule has 1 heterocycles. The standard InChI is InChI=1S/C16H25ClN2/c1-13(2)11-18-12-14-10-15(17)6-7-16(14)19-8-4-3-5-9-19/h6-7,10,13,18H,3-5,8-9,11-12H2,1-2H3. The van der Waals surface area contributed by atoms with Gasteiger partial charge in [0.25, 0.3) is 0 Å². The number of hydrogen-bond acceptors (Lipinski definition) is 2. The molecule has 0 aliphatic carbocycles. The predicted molar refractivity (Wildman–Crippen MR) is 84.1 cm³/mol. The summed E-state index contributed by atoms with van der Waals surface area (Å²) in [6.07, 6.45) is 3.98. The molecule has 0 radical (unpaired) electrons. The maximum absolute atomic E-state index is 6.15. The van der Waals surface area contributed by atoms with Gasteiger partial charge in [-0.25, -0.2) is 0 Å². The minimum atomic E-state index is 0.678. The van der Waals surface area contributed by atoms with Crippen LogP contribution in [0.1, 0.15) is 38.7 Å². The van der Waals surface area contributed by atoms with E-state index in [9.17, 15) is 0 Å². The van der Waals surface area contributed by atoms with Crippen LogP contribution in [0.4, 0.5) is 5.69 Å². The molecule has 0 amide bonds. The van der Waals surface area contributed by atoms with Gasteiger partial charge in [0, 0.05) is 30.3 Å². The Hall–Kier alpha value is -0.730. The molecule has 1 N–H and O–H groups in total. The maximum Gasteiger partial charge on any atom is 0.0412 e. The fourth-order valence-electron chi connectivity index (χ4n) is 2.63. The normalized spacial score (nSPS) is 16.1. The molecule has 0 atom stereocenters. The lowest BCUT2D eigenvalue weighted by Crippen LogP contribution is -2.31. The van der Waals surface area contributed by atoms with Crippen molar-refractivity contribution in [3.63, 3.8) is 0 Å². The topological polar surface area (TPSA) is 15.3 Å². The number of nitrogens with one attached hydrogen (secondary N) is 1. The van der Waals surface area contributed by atoms with E-state index in [2.05, 4.69) is 36.2 Å². The fourth-order valence-corrected chi connectivity index (χ4v) is 2.83. The summed E-state index contributed by atoms with van der Waals surface area (Å²) < 4.78 is 0. The van der Waals surface area contributed by atoms with E-state index in [4.69, 9.17) is 11.6 Å². The van der Waals surface area contributed by atoms with Gasteiger partial charge in [-0.15, -0.1) is 0 Å². The SMILES string of the molecule is CC(C)CNCc1cc(Cl)ccc1N1CCCCC1. The lowest BCUT2D eigenvalue weighted by molar-refractivity contribution is 0.547. The highest BCUT2D eigenvalue weighted by Crippen LogP contribution is 2.27. The molecule has 0 spiro atoms. The van der Waals surface area contributed by atoms with Crippen LogP contribution in [0.15, 0.2) is 18.2 Å². The van der Waals surface area contributed by atoms with E-state index in [-0.39, 0.29) is 0 Å². The van der Waals surface area contributed by atoms with E-state index in [1.54, 1.807) is 0 Å². The molecule has 2 nitrogen and oxygen atoms in total. The van der Waals surface area contributed by atoms with Crippen molar-refractivity contribution in [3.05, 3.63) is 28.8 Å². The fraction of sp³-hybridized carbons (Fsp3) is 0.625. The summed E-state index contributed by atoms with van der Waals surface area (Å²) in [7, 11) is 0. The average molecular weight is 281 g/mol. The Balaban J connectivity index is 2.08. The lowest BCUT2D eigenvalue weighted by atomic mass is 10.1. The van der Waals surface area contributed by atoms with E-state index >= 15 is 0 Å². The first-order valence-corrected chi connectivity index (χ1v) is 7.78. The second kappa shape index (κ2) is 7.16. The summed E-state index contributed by atoms with van der Waals surface area (Å²) in [4.78, 5) is 2.51. The molecule has 0 aromatic heterocycles.